The Morgan fingerprint density at radius 3 is 2.10 bits per heavy atom. The van der Waals surface area contributed by atoms with Crippen molar-refractivity contribution < 1.29 is 21.7 Å². The normalized spacial score (nSPS) is 9.90. The van der Waals surface area contributed by atoms with Crippen LogP contribution >= 0.6 is 0 Å². The summed E-state index contributed by atoms with van der Waals surface area (Å²) in [5.74, 6) is 0.0671. The lowest BCUT2D eigenvalue weighted by atomic mass is 10.4. The van der Waals surface area contributed by atoms with Gasteiger partial charge in [0.1, 0.15) is 0 Å². The van der Waals surface area contributed by atoms with Gasteiger partial charge in [-0.05, 0) is 6.92 Å². The van der Waals surface area contributed by atoms with Crippen LogP contribution in [0.25, 0.3) is 0 Å². The molecular weight excluding hydrogens is 150 g/mol. The first-order chi connectivity index (χ1) is 4.04. The number of halogens is 1. The van der Waals surface area contributed by atoms with Crippen LogP contribution in [-0.2, 0) is 4.79 Å². The van der Waals surface area contributed by atoms with Crippen LogP contribution in [0.5, 0.6) is 0 Å². The van der Waals surface area contributed by atoms with Crippen molar-refractivity contribution in [2.24, 2.45) is 0 Å². The third-order valence-electron chi connectivity index (χ3n) is 1.56. The van der Waals surface area contributed by atoms with Crippen molar-refractivity contribution in [3.63, 3.8) is 0 Å². The summed E-state index contributed by atoms with van der Waals surface area (Å²) in [6, 6.07) is 0. The third kappa shape index (κ3) is 2.99. The number of rotatable bonds is 2. The van der Waals surface area contributed by atoms with Gasteiger partial charge < -0.3 is 12.4 Å². The summed E-state index contributed by atoms with van der Waals surface area (Å²) in [7, 11) is 3.73. The molecule has 60 valence electrons. The molecule has 0 aliphatic carbocycles. The molecule has 0 fully saturated rings. The molecule has 0 aromatic carbocycles. The molecule has 1 amide bonds. The van der Waals surface area contributed by atoms with Gasteiger partial charge in [-0.1, -0.05) is 6.58 Å². The van der Waals surface area contributed by atoms with Crippen LogP contribution in [0.15, 0.2) is 12.7 Å². The van der Waals surface area contributed by atoms with E-state index in [1.165, 1.54) is 6.08 Å². The lowest BCUT2D eigenvalue weighted by molar-refractivity contribution is -0.809. The number of nitrogens with zero attached hydrogens (tertiary/aromatic N) is 1. The molecule has 0 aliphatic heterocycles. The van der Waals surface area contributed by atoms with Gasteiger partial charge in [-0.15, -0.1) is 0 Å². The SMILES string of the molecule is C=CC(=O)[N+](C)(C)CC.[Cl-]. The molecule has 0 aromatic rings. The van der Waals surface area contributed by atoms with E-state index in [0.29, 0.717) is 4.48 Å². The van der Waals surface area contributed by atoms with Crippen molar-refractivity contribution >= 4 is 5.91 Å². The zero-order chi connectivity index (χ0) is 7.49. The molecule has 0 heterocycles. The Morgan fingerprint density at radius 2 is 2.00 bits per heavy atom. The molecule has 0 rings (SSSR count). The van der Waals surface area contributed by atoms with Crippen molar-refractivity contribution in [1.82, 2.24) is 0 Å². The lowest BCUT2D eigenvalue weighted by Crippen LogP contribution is -3.00. The maximum absolute atomic E-state index is 10.9. The maximum atomic E-state index is 10.9. The van der Waals surface area contributed by atoms with E-state index >= 15 is 0 Å². The molecule has 0 N–H and O–H groups in total. The van der Waals surface area contributed by atoms with Gasteiger partial charge in [0.15, 0.2) is 0 Å². The van der Waals surface area contributed by atoms with Crippen LogP contribution in [0.2, 0.25) is 0 Å². The fraction of sp³-hybridized carbons (Fsp3) is 0.571. The van der Waals surface area contributed by atoms with Crippen molar-refractivity contribution in [3.05, 3.63) is 12.7 Å². The van der Waals surface area contributed by atoms with Gasteiger partial charge >= 0.3 is 5.91 Å². The molecule has 0 radical (unpaired) electrons. The quantitative estimate of drug-likeness (QED) is 0.334. The van der Waals surface area contributed by atoms with Crippen molar-refractivity contribution in [2.75, 3.05) is 20.6 Å². The molecule has 0 unspecified atom stereocenters. The van der Waals surface area contributed by atoms with Crippen LogP contribution in [0, 0.1) is 0 Å². The third-order valence-corrected chi connectivity index (χ3v) is 1.56. The molecule has 0 saturated heterocycles. The minimum absolute atomic E-state index is 0. The number of likely N-dealkylation sites (N-methyl/N-ethyl adjacent to an activating group) is 1. The Morgan fingerprint density at radius 1 is 1.60 bits per heavy atom. The second kappa shape index (κ2) is 4.47. The van der Waals surface area contributed by atoms with Gasteiger partial charge in [-0.3, -0.25) is 4.48 Å². The summed E-state index contributed by atoms with van der Waals surface area (Å²) in [5.41, 5.74) is 0. The van der Waals surface area contributed by atoms with E-state index in [1.54, 1.807) is 0 Å². The van der Waals surface area contributed by atoms with Crippen molar-refractivity contribution in [3.8, 4) is 0 Å². The molecular formula is C7H14ClNO. The highest BCUT2D eigenvalue weighted by Gasteiger charge is 2.19. The molecule has 0 atom stereocenters. The summed E-state index contributed by atoms with van der Waals surface area (Å²) < 4.78 is 0.392. The average Bonchev–Trinajstić information content (AvgIpc) is 1.86. The van der Waals surface area contributed by atoms with Gasteiger partial charge in [0.05, 0.1) is 20.6 Å². The summed E-state index contributed by atoms with van der Waals surface area (Å²) >= 11 is 0. The van der Waals surface area contributed by atoms with Crippen molar-refractivity contribution in [2.45, 2.75) is 6.92 Å². The smallest absolute Gasteiger partial charge is 0.337 e. The summed E-state index contributed by atoms with van der Waals surface area (Å²) in [5, 5.41) is 0. The number of carbonyl (C=O) groups is 1. The van der Waals surface area contributed by atoms with Gasteiger partial charge in [0.2, 0.25) is 0 Å². The summed E-state index contributed by atoms with van der Waals surface area (Å²) in [6.45, 7) is 6.19. The van der Waals surface area contributed by atoms with Gasteiger partial charge in [0, 0.05) is 6.08 Å². The highest BCUT2D eigenvalue weighted by molar-refractivity contribution is 5.80. The molecule has 2 nitrogen and oxygen atoms in total. The van der Waals surface area contributed by atoms with Crippen LogP contribution in [0.4, 0.5) is 0 Å². The number of quaternary nitrogens is 1. The molecule has 3 heteroatoms. The zero-order valence-corrected chi connectivity index (χ0v) is 7.48. The Labute approximate surface area is 68.5 Å². The Bertz CT molecular complexity index is 132. The molecule has 0 spiro atoms. The van der Waals surface area contributed by atoms with Crippen LogP contribution in [0.1, 0.15) is 6.92 Å². The Hall–Kier alpha value is -0.340. The van der Waals surface area contributed by atoms with Gasteiger partial charge in [0.25, 0.3) is 0 Å². The zero-order valence-electron chi connectivity index (χ0n) is 6.72. The minimum Gasteiger partial charge on any atom is -1.00 e. The summed E-state index contributed by atoms with van der Waals surface area (Å²) in [6.07, 6.45) is 1.36. The van der Waals surface area contributed by atoms with Crippen LogP contribution in [0.3, 0.4) is 0 Å². The molecule has 10 heavy (non-hydrogen) atoms. The highest BCUT2D eigenvalue weighted by Crippen LogP contribution is 1.96. The van der Waals surface area contributed by atoms with E-state index in [-0.39, 0.29) is 18.3 Å². The van der Waals surface area contributed by atoms with E-state index in [1.807, 2.05) is 21.0 Å². The second-order valence-corrected chi connectivity index (χ2v) is 2.54. The van der Waals surface area contributed by atoms with Crippen LogP contribution in [-0.4, -0.2) is 31.0 Å². The highest BCUT2D eigenvalue weighted by atomic mass is 35.5. The molecule has 0 bridgehead atoms. The fourth-order valence-corrected chi connectivity index (χ4v) is 0.403. The standard InChI is InChI=1S/C7H14NO.ClH/c1-5-7(9)8(3,4)6-2;/h5H,1,6H2,2-4H3;1H/q+1;/p-1. The molecule has 0 aliphatic rings. The van der Waals surface area contributed by atoms with Crippen molar-refractivity contribution in [1.29, 1.82) is 0 Å². The fourth-order valence-electron chi connectivity index (χ4n) is 0.403. The van der Waals surface area contributed by atoms with E-state index < -0.39 is 0 Å². The van der Waals surface area contributed by atoms with Gasteiger partial charge in [-0.2, -0.15) is 0 Å². The first-order valence-corrected chi connectivity index (χ1v) is 3.04. The number of hydrogen-bond acceptors (Lipinski definition) is 1. The predicted molar refractivity (Wildman–Crippen MR) is 37.9 cm³/mol. The first-order valence-electron chi connectivity index (χ1n) is 3.04. The second-order valence-electron chi connectivity index (χ2n) is 2.54. The number of hydrogen-bond donors (Lipinski definition) is 0. The van der Waals surface area contributed by atoms with E-state index in [2.05, 4.69) is 6.58 Å². The Balaban J connectivity index is 0. The van der Waals surface area contributed by atoms with E-state index in [9.17, 15) is 4.79 Å². The largest absolute Gasteiger partial charge is 1.00 e. The average molecular weight is 164 g/mol. The monoisotopic (exact) mass is 163 g/mol. The van der Waals surface area contributed by atoms with E-state index in [0.717, 1.165) is 6.54 Å². The minimum atomic E-state index is 0. The topological polar surface area (TPSA) is 17.1 Å². The first kappa shape index (κ1) is 12.3. The maximum Gasteiger partial charge on any atom is 0.337 e. The summed E-state index contributed by atoms with van der Waals surface area (Å²) in [4.78, 5) is 10.9. The molecule has 0 aromatic heterocycles. The Kier molecular flexibility index (Phi) is 5.52. The van der Waals surface area contributed by atoms with Crippen LogP contribution < -0.4 is 12.4 Å². The lowest BCUT2D eigenvalue weighted by Gasteiger charge is -2.22. The van der Waals surface area contributed by atoms with E-state index in [4.69, 9.17) is 0 Å². The number of amides is 1. The molecule has 0 saturated carbocycles. The predicted octanol–water partition coefficient (Wildman–Crippen LogP) is -2.20. The van der Waals surface area contributed by atoms with Gasteiger partial charge in [-0.25, -0.2) is 4.79 Å². The number of carbonyl (C=O) groups excluding carboxylic acids is 1.